The summed E-state index contributed by atoms with van der Waals surface area (Å²) in [6.07, 6.45) is 5.31. The summed E-state index contributed by atoms with van der Waals surface area (Å²) in [5.74, 6) is 7.53. The molecule has 0 fully saturated rings. The monoisotopic (exact) mass is 278 g/mol. The molecule has 0 aliphatic carbocycles. The van der Waals surface area contributed by atoms with Gasteiger partial charge in [0, 0.05) is 5.56 Å². The van der Waals surface area contributed by atoms with Crippen molar-refractivity contribution in [3.8, 4) is 48.5 Å². The van der Waals surface area contributed by atoms with Gasteiger partial charge >= 0.3 is 0 Å². The highest BCUT2D eigenvalue weighted by Crippen LogP contribution is 2.17. The van der Waals surface area contributed by atoms with E-state index in [0.717, 1.165) is 0 Å². The maximum Gasteiger partial charge on any atom is 0.146 e. The largest absolute Gasteiger partial charge is 0.192 e. The minimum atomic E-state index is -0.372. The molecule has 0 unspecified atom stereocenters. The van der Waals surface area contributed by atoms with Crippen LogP contribution in [0.15, 0.2) is 52.6 Å². The molecule has 22 heavy (non-hydrogen) atoms. The van der Waals surface area contributed by atoms with Gasteiger partial charge in [0.25, 0.3) is 0 Å². The van der Waals surface area contributed by atoms with Crippen LogP contribution in [-0.4, -0.2) is 0 Å². The zero-order valence-corrected chi connectivity index (χ0v) is 11.3. The summed E-state index contributed by atoms with van der Waals surface area (Å²) < 4.78 is 0. The second kappa shape index (κ2) is 8.05. The van der Waals surface area contributed by atoms with E-state index in [1.165, 1.54) is 0 Å². The molecule has 0 atom stereocenters. The molecule has 0 bridgehead atoms. The van der Waals surface area contributed by atoms with Crippen LogP contribution in [0.3, 0.4) is 0 Å². The first-order valence-electron chi connectivity index (χ1n) is 5.84. The average Bonchev–Trinajstić information content (AvgIpc) is 2.58. The lowest BCUT2D eigenvalue weighted by molar-refractivity contribution is 1.40. The molecule has 0 spiro atoms. The molecule has 0 aliphatic rings. The first-order valence-corrected chi connectivity index (χ1v) is 5.84. The maximum atomic E-state index is 9.01. The van der Waals surface area contributed by atoms with E-state index in [4.69, 9.17) is 27.5 Å². The first-order chi connectivity index (χ1) is 10.7. The standard InChI is InChI=1S/C18H6N4/c1-2-17(15(10-19)11-20)18(16(12-21)13-22)9-8-14-6-4-3-5-7-14/h1,3-7H. The van der Waals surface area contributed by atoms with Crippen molar-refractivity contribution in [3.63, 3.8) is 0 Å². The Morgan fingerprint density at radius 1 is 0.773 bits per heavy atom. The highest BCUT2D eigenvalue weighted by Gasteiger charge is 2.13. The number of rotatable bonds is 1. The number of hydrogen-bond donors (Lipinski definition) is 0. The van der Waals surface area contributed by atoms with Gasteiger partial charge in [0.1, 0.15) is 35.4 Å². The lowest BCUT2D eigenvalue weighted by Gasteiger charge is -1.99. The number of nitriles is 4. The summed E-state index contributed by atoms with van der Waals surface area (Å²) in [6.45, 7) is 0. The van der Waals surface area contributed by atoms with Crippen molar-refractivity contribution in [2.75, 3.05) is 0 Å². The SMILES string of the molecule is C#CC(=C(C#N)C#N)C(C#Cc1ccccc1)=C(C#N)C#N. The molecule has 0 aliphatic heterocycles. The fraction of sp³-hybridized carbons (Fsp3) is 0. The Morgan fingerprint density at radius 2 is 1.27 bits per heavy atom. The van der Waals surface area contributed by atoms with Crippen molar-refractivity contribution >= 4 is 0 Å². The van der Waals surface area contributed by atoms with Gasteiger partial charge in [0.2, 0.25) is 0 Å². The molecule has 0 aromatic heterocycles. The van der Waals surface area contributed by atoms with Gasteiger partial charge in [-0.15, -0.1) is 6.42 Å². The van der Waals surface area contributed by atoms with Crippen LogP contribution in [0.5, 0.6) is 0 Å². The van der Waals surface area contributed by atoms with Gasteiger partial charge in [-0.2, -0.15) is 21.0 Å². The van der Waals surface area contributed by atoms with E-state index in [0.29, 0.717) is 5.56 Å². The average molecular weight is 278 g/mol. The smallest absolute Gasteiger partial charge is 0.146 e. The van der Waals surface area contributed by atoms with E-state index >= 15 is 0 Å². The van der Waals surface area contributed by atoms with Gasteiger partial charge in [-0.05, 0) is 12.1 Å². The molecule has 0 saturated heterocycles. The van der Waals surface area contributed by atoms with E-state index in [2.05, 4.69) is 17.8 Å². The van der Waals surface area contributed by atoms with Crippen LogP contribution in [0, 0.1) is 69.5 Å². The molecule has 4 heteroatoms. The third-order valence-electron chi connectivity index (χ3n) is 2.45. The molecule has 0 heterocycles. The molecule has 1 rings (SSSR count). The normalized spacial score (nSPS) is 7.41. The van der Waals surface area contributed by atoms with Crippen molar-refractivity contribution in [2.24, 2.45) is 0 Å². The summed E-state index contributed by atoms with van der Waals surface area (Å²) in [5.41, 5.74) is -0.342. The highest BCUT2D eigenvalue weighted by molar-refractivity contribution is 5.68. The van der Waals surface area contributed by atoms with Crippen LogP contribution in [0.1, 0.15) is 5.56 Å². The van der Waals surface area contributed by atoms with Crippen molar-refractivity contribution in [2.45, 2.75) is 0 Å². The number of allylic oxidation sites excluding steroid dienone is 4. The number of benzene rings is 1. The zero-order chi connectivity index (χ0) is 16.4. The summed E-state index contributed by atoms with van der Waals surface area (Å²) >= 11 is 0. The van der Waals surface area contributed by atoms with Gasteiger partial charge in [-0.25, -0.2) is 0 Å². The Balaban J connectivity index is 3.64. The predicted octanol–water partition coefficient (Wildman–Crippen LogP) is 2.36. The number of nitrogens with zero attached hydrogens (tertiary/aromatic N) is 4. The van der Waals surface area contributed by atoms with Crippen LogP contribution < -0.4 is 0 Å². The van der Waals surface area contributed by atoms with Crippen LogP contribution in [0.2, 0.25) is 0 Å². The van der Waals surface area contributed by atoms with Gasteiger partial charge in [-0.1, -0.05) is 36.0 Å². The highest BCUT2D eigenvalue weighted by atomic mass is 14.3. The molecule has 0 N–H and O–H groups in total. The van der Waals surface area contributed by atoms with Gasteiger partial charge in [0.05, 0.1) is 11.1 Å². The molecule has 0 saturated carbocycles. The second-order valence-electron chi connectivity index (χ2n) is 3.71. The third-order valence-corrected chi connectivity index (χ3v) is 2.45. The number of hydrogen-bond acceptors (Lipinski definition) is 4. The Bertz CT molecular complexity index is 884. The minimum Gasteiger partial charge on any atom is -0.192 e. The molecule has 98 valence electrons. The van der Waals surface area contributed by atoms with Gasteiger partial charge in [-0.3, -0.25) is 0 Å². The van der Waals surface area contributed by atoms with Crippen molar-refractivity contribution in [3.05, 3.63) is 58.2 Å². The lowest BCUT2D eigenvalue weighted by atomic mass is 9.97. The summed E-state index contributed by atoms with van der Waals surface area (Å²) in [6, 6.07) is 15.5. The summed E-state index contributed by atoms with van der Waals surface area (Å²) in [5, 5.41) is 35.9. The molecule has 0 amide bonds. The zero-order valence-electron chi connectivity index (χ0n) is 11.3. The second-order valence-corrected chi connectivity index (χ2v) is 3.71. The van der Waals surface area contributed by atoms with Crippen molar-refractivity contribution in [1.29, 1.82) is 21.0 Å². The van der Waals surface area contributed by atoms with Gasteiger partial charge < -0.3 is 0 Å². The summed E-state index contributed by atoms with van der Waals surface area (Å²) in [7, 11) is 0. The van der Waals surface area contributed by atoms with Crippen molar-refractivity contribution in [1.82, 2.24) is 0 Å². The topological polar surface area (TPSA) is 95.2 Å². The molecular weight excluding hydrogens is 272 g/mol. The Hall–Kier alpha value is -4.22. The third kappa shape index (κ3) is 3.64. The van der Waals surface area contributed by atoms with Gasteiger partial charge in [0.15, 0.2) is 0 Å². The Morgan fingerprint density at radius 3 is 1.73 bits per heavy atom. The molecule has 4 nitrogen and oxygen atoms in total. The predicted molar refractivity (Wildman–Crippen MR) is 78.7 cm³/mol. The van der Waals surface area contributed by atoms with E-state index in [1.807, 2.05) is 6.07 Å². The van der Waals surface area contributed by atoms with Crippen LogP contribution in [0.4, 0.5) is 0 Å². The van der Waals surface area contributed by atoms with Crippen LogP contribution in [0.25, 0.3) is 0 Å². The molecule has 0 radical (unpaired) electrons. The molecule has 1 aromatic carbocycles. The fourth-order valence-corrected chi connectivity index (χ4v) is 1.45. The first kappa shape index (κ1) is 15.8. The van der Waals surface area contributed by atoms with E-state index < -0.39 is 0 Å². The number of terminal acetylenes is 1. The minimum absolute atomic E-state index is 0.102. The van der Waals surface area contributed by atoms with Crippen LogP contribution >= 0.6 is 0 Å². The molecular formula is C18H6N4. The Kier molecular flexibility index (Phi) is 5.80. The Labute approximate surface area is 128 Å². The maximum absolute atomic E-state index is 9.01. The van der Waals surface area contributed by atoms with E-state index in [1.54, 1.807) is 48.5 Å². The fourth-order valence-electron chi connectivity index (χ4n) is 1.45. The lowest BCUT2D eigenvalue weighted by Crippen LogP contribution is -1.94. The van der Waals surface area contributed by atoms with Crippen molar-refractivity contribution < 1.29 is 0 Å². The van der Waals surface area contributed by atoms with E-state index in [9.17, 15) is 0 Å². The molecule has 1 aromatic rings. The van der Waals surface area contributed by atoms with E-state index in [-0.39, 0.29) is 22.3 Å². The quantitative estimate of drug-likeness (QED) is 0.447. The van der Waals surface area contributed by atoms with Crippen LogP contribution in [-0.2, 0) is 0 Å². The summed E-state index contributed by atoms with van der Waals surface area (Å²) in [4.78, 5) is 0.